The number of thiocarbonyl (C=S) groups is 1. The Kier molecular flexibility index (Phi) is 6.74. The predicted molar refractivity (Wildman–Crippen MR) is 69.8 cm³/mol. The summed E-state index contributed by atoms with van der Waals surface area (Å²) in [5.74, 6) is 0. The fraction of sp³-hybridized carbons (Fsp3) is 0.667. The van der Waals surface area contributed by atoms with Gasteiger partial charge in [0.05, 0.1) is 6.34 Å². The standard InChI is InChI=1S/C9H17N3S2/c1-7(13)5-8(2)14-9(10)11-6-12(3)4/h6,8,10H,5H2,1-4H3. The van der Waals surface area contributed by atoms with E-state index in [1.165, 1.54) is 11.8 Å². The molecule has 0 radical (unpaired) electrons. The molecule has 0 aromatic carbocycles. The highest BCUT2D eigenvalue weighted by molar-refractivity contribution is 8.14. The Labute approximate surface area is 95.5 Å². The van der Waals surface area contributed by atoms with Gasteiger partial charge in [0, 0.05) is 19.3 Å². The SMILES string of the molecule is CC(=S)CC(C)SC(=N)N=CN(C)C. The molecule has 3 nitrogen and oxygen atoms in total. The smallest absolute Gasteiger partial charge is 0.181 e. The van der Waals surface area contributed by atoms with Gasteiger partial charge in [-0.15, -0.1) is 0 Å². The monoisotopic (exact) mass is 231 g/mol. The van der Waals surface area contributed by atoms with Crippen molar-refractivity contribution < 1.29 is 0 Å². The molecule has 14 heavy (non-hydrogen) atoms. The number of amidine groups is 1. The molecule has 0 heterocycles. The van der Waals surface area contributed by atoms with Crippen LogP contribution in [0.3, 0.4) is 0 Å². The molecule has 1 unspecified atom stereocenters. The first-order valence-electron chi connectivity index (χ1n) is 4.37. The molecular formula is C9H17N3S2. The summed E-state index contributed by atoms with van der Waals surface area (Å²) >= 11 is 6.44. The summed E-state index contributed by atoms with van der Waals surface area (Å²) in [6.07, 6.45) is 2.49. The van der Waals surface area contributed by atoms with Crippen LogP contribution >= 0.6 is 24.0 Å². The van der Waals surface area contributed by atoms with E-state index < -0.39 is 0 Å². The van der Waals surface area contributed by atoms with E-state index in [1.54, 1.807) is 6.34 Å². The molecule has 0 saturated heterocycles. The van der Waals surface area contributed by atoms with Gasteiger partial charge < -0.3 is 4.90 Å². The Balaban J connectivity index is 3.88. The molecule has 0 bridgehead atoms. The molecular weight excluding hydrogens is 214 g/mol. The van der Waals surface area contributed by atoms with E-state index in [-0.39, 0.29) is 0 Å². The van der Waals surface area contributed by atoms with Crippen molar-refractivity contribution in [1.82, 2.24) is 4.90 Å². The van der Waals surface area contributed by atoms with Crippen molar-refractivity contribution in [1.29, 1.82) is 5.41 Å². The first-order chi connectivity index (χ1) is 6.41. The lowest BCUT2D eigenvalue weighted by Crippen LogP contribution is -2.10. The fourth-order valence-corrected chi connectivity index (χ4v) is 2.01. The zero-order chi connectivity index (χ0) is 11.1. The summed E-state index contributed by atoms with van der Waals surface area (Å²) < 4.78 is 0. The van der Waals surface area contributed by atoms with Crippen molar-refractivity contribution in [3.8, 4) is 0 Å². The van der Waals surface area contributed by atoms with E-state index in [0.717, 1.165) is 11.3 Å². The van der Waals surface area contributed by atoms with Gasteiger partial charge in [-0.25, -0.2) is 4.99 Å². The van der Waals surface area contributed by atoms with Gasteiger partial charge in [-0.05, 0) is 18.2 Å². The molecule has 0 aliphatic carbocycles. The van der Waals surface area contributed by atoms with Crippen LogP contribution in [0.2, 0.25) is 0 Å². The minimum atomic E-state index is 0.333. The lowest BCUT2D eigenvalue weighted by atomic mass is 10.3. The average molecular weight is 231 g/mol. The van der Waals surface area contributed by atoms with Crippen LogP contribution < -0.4 is 0 Å². The van der Waals surface area contributed by atoms with Crippen LogP contribution in [0, 0.1) is 5.41 Å². The van der Waals surface area contributed by atoms with Crippen LogP contribution in [0.15, 0.2) is 4.99 Å². The highest BCUT2D eigenvalue weighted by atomic mass is 32.2. The number of hydrogen-bond donors (Lipinski definition) is 1. The van der Waals surface area contributed by atoms with Crippen LogP contribution in [0.1, 0.15) is 20.3 Å². The molecule has 1 N–H and O–H groups in total. The number of nitrogens with one attached hydrogen (secondary N) is 1. The topological polar surface area (TPSA) is 39.5 Å². The van der Waals surface area contributed by atoms with E-state index >= 15 is 0 Å². The van der Waals surface area contributed by atoms with Gasteiger partial charge in [0.2, 0.25) is 0 Å². The molecule has 0 aromatic rings. The van der Waals surface area contributed by atoms with Crippen molar-refractivity contribution in [2.24, 2.45) is 4.99 Å². The van der Waals surface area contributed by atoms with Crippen LogP contribution in [-0.2, 0) is 0 Å². The summed E-state index contributed by atoms with van der Waals surface area (Å²) in [7, 11) is 3.76. The highest BCUT2D eigenvalue weighted by Crippen LogP contribution is 2.16. The summed E-state index contributed by atoms with van der Waals surface area (Å²) in [6.45, 7) is 3.99. The molecule has 0 aliphatic rings. The molecule has 0 aromatic heterocycles. The lowest BCUT2D eigenvalue weighted by molar-refractivity contribution is 0.644. The molecule has 0 fully saturated rings. The van der Waals surface area contributed by atoms with Gasteiger partial charge in [0.1, 0.15) is 0 Å². The van der Waals surface area contributed by atoms with Crippen molar-refractivity contribution >= 4 is 40.4 Å². The van der Waals surface area contributed by atoms with E-state index in [1.807, 2.05) is 25.9 Å². The van der Waals surface area contributed by atoms with Gasteiger partial charge in [0.25, 0.3) is 0 Å². The van der Waals surface area contributed by atoms with E-state index in [2.05, 4.69) is 11.9 Å². The summed E-state index contributed by atoms with van der Waals surface area (Å²) in [6, 6.07) is 0. The van der Waals surface area contributed by atoms with E-state index in [0.29, 0.717) is 10.4 Å². The number of rotatable bonds is 4. The quantitative estimate of drug-likeness (QED) is 0.459. The van der Waals surface area contributed by atoms with E-state index in [9.17, 15) is 0 Å². The third-order valence-electron chi connectivity index (χ3n) is 1.29. The fourth-order valence-electron chi connectivity index (χ4n) is 0.835. The summed E-state index contributed by atoms with van der Waals surface area (Å²) in [5, 5.41) is 8.22. The molecule has 0 amide bonds. The summed E-state index contributed by atoms with van der Waals surface area (Å²) in [5.41, 5.74) is 0. The molecule has 5 heteroatoms. The Bertz CT molecular complexity index is 236. The molecule has 0 rings (SSSR count). The summed E-state index contributed by atoms with van der Waals surface area (Å²) in [4.78, 5) is 6.77. The largest absolute Gasteiger partial charge is 0.369 e. The third kappa shape index (κ3) is 8.19. The Morgan fingerprint density at radius 1 is 1.64 bits per heavy atom. The van der Waals surface area contributed by atoms with Crippen molar-refractivity contribution in [2.45, 2.75) is 25.5 Å². The maximum atomic E-state index is 7.55. The minimum Gasteiger partial charge on any atom is -0.369 e. The van der Waals surface area contributed by atoms with Crippen LogP contribution in [0.4, 0.5) is 0 Å². The number of nitrogens with zero attached hydrogens (tertiary/aromatic N) is 2. The van der Waals surface area contributed by atoms with Crippen molar-refractivity contribution in [2.75, 3.05) is 14.1 Å². The lowest BCUT2D eigenvalue weighted by Gasteiger charge is -2.08. The Morgan fingerprint density at radius 3 is 2.64 bits per heavy atom. The maximum Gasteiger partial charge on any atom is 0.181 e. The first kappa shape index (κ1) is 13.6. The van der Waals surface area contributed by atoms with Crippen molar-refractivity contribution in [3.63, 3.8) is 0 Å². The number of hydrogen-bond acceptors (Lipinski definition) is 3. The Morgan fingerprint density at radius 2 is 2.21 bits per heavy atom. The molecule has 0 spiro atoms. The molecule has 0 aliphatic heterocycles. The third-order valence-corrected chi connectivity index (χ3v) is 2.36. The van der Waals surface area contributed by atoms with Gasteiger partial charge in [0.15, 0.2) is 5.17 Å². The molecule has 0 saturated carbocycles. The molecule has 80 valence electrons. The normalized spacial score (nSPS) is 12.9. The highest BCUT2D eigenvalue weighted by Gasteiger charge is 2.06. The zero-order valence-corrected chi connectivity index (χ0v) is 10.7. The van der Waals surface area contributed by atoms with Gasteiger partial charge in [-0.3, -0.25) is 5.41 Å². The second-order valence-corrected chi connectivity index (χ2v) is 5.47. The maximum absolute atomic E-state index is 7.55. The zero-order valence-electron chi connectivity index (χ0n) is 9.07. The van der Waals surface area contributed by atoms with Gasteiger partial charge in [-0.2, -0.15) is 0 Å². The minimum absolute atomic E-state index is 0.333. The second-order valence-electron chi connectivity index (χ2n) is 3.35. The average Bonchev–Trinajstić information content (AvgIpc) is 1.98. The number of thioether (sulfide) groups is 1. The van der Waals surface area contributed by atoms with E-state index in [4.69, 9.17) is 17.6 Å². The second kappa shape index (κ2) is 6.95. The number of aliphatic imine (C=N–C) groups is 1. The Hall–Kier alpha value is -0.420. The van der Waals surface area contributed by atoms with Crippen LogP contribution in [-0.4, -0.2) is 40.6 Å². The molecule has 1 atom stereocenters. The first-order valence-corrected chi connectivity index (χ1v) is 5.66. The predicted octanol–water partition coefficient (Wildman–Crippen LogP) is 2.41. The van der Waals surface area contributed by atoms with Crippen LogP contribution in [0.25, 0.3) is 0 Å². The van der Waals surface area contributed by atoms with Crippen LogP contribution in [0.5, 0.6) is 0 Å². The van der Waals surface area contributed by atoms with Crippen molar-refractivity contribution in [3.05, 3.63) is 0 Å². The van der Waals surface area contributed by atoms with Gasteiger partial charge >= 0.3 is 0 Å². The van der Waals surface area contributed by atoms with Gasteiger partial charge in [-0.1, -0.05) is 30.9 Å².